The minimum absolute atomic E-state index is 0.0342. The van der Waals surface area contributed by atoms with Crippen molar-refractivity contribution < 1.29 is 19.1 Å². The van der Waals surface area contributed by atoms with E-state index in [1.165, 1.54) is 0 Å². The SMILES string of the molecule is CC(C)[C@@H](C(=O)OCc1ccccc1)N1CC[C@@]2(CCN(C(=O)C3CN3C(c3ccccc3)(c3ccccc3)c3ccccc3)C2)C1=O. The predicted octanol–water partition coefficient (Wildman–Crippen LogP) is 5.88. The standard InChI is InChI=1S/C41H43N3O4/c1-30(2)36(38(46)48-28-31-15-7-3-8-16-31)43-26-24-40(39(43)47)23-25-42(29-40)37(45)35-27-44(35)41(32-17-9-4-10-18-32,33-19-11-5-12-20-33)34-21-13-6-14-22-34/h3-22,30,35-36H,23-29H2,1-2H3/t35?,36-,40+,44?/m0/s1. The lowest BCUT2D eigenvalue weighted by molar-refractivity contribution is -0.158. The predicted molar refractivity (Wildman–Crippen MR) is 185 cm³/mol. The summed E-state index contributed by atoms with van der Waals surface area (Å²) in [6, 6.07) is 39.9. The van der Waals surface area contributed by atoms with Crippen LogP contribution < -0.4 is 0 Å². The number of ether oxygens (including phenoxy) is 1. The molecule has 2 unspecified atom stereocenters. The first-order valence-electron chi connectivity index (χ1n) is 17.1. The van der Waals surface area contributed by atoms with Crippen LogP contribution in [0.4, 0.5) is 0 Å². The molecule has 0 N–H and O–H groups in total. The van der Waals surface area contributed by atoms with E-state index in [1.54, 1.807) is 4.90 Å². The van der Waals surface area contributed by atoms with E-state index in [9.17, 15) is 14.4 Å². The summed E-state index contributed by atoms with van der Waals surface area (Å²) >= 11 is 0. The van der Waals surface area contributed by atoms with E-state index in [0.29, 0.717) is 39.0 Å². The van der Waals surface area contributed by atoms with Crippen LogP contribution in [0.3, 0.4) is 0 Å². The number of carbonyl (C=O) groups excluding carboxylic acids is 3. The monoisotopic (exact) mass is 641 g/mol. The molecule has 0 aromatic heterocycles. The van der Waals surface area contributed by atoms with E-state index >= 15 is 0 Å². The number of hydrogen-bond donors (Lipinski definition) is 0. The molecule has 2 amide bonds. The summed E-state index contributed by atoms with van der Waals surface area (Å²) in [6.45, 7) is 6.09. The van der Waals surface area contributed by atoms with E-state index in [1.807, 2.05) is 67.3 Å². The van der Waals surface area contributed by atoms with Crippen molar-refractivity contribution in [3.8, 4) is 0 Å². The molecule has 7 heteroatoms. The number of nitrogens with zero attached hydrogens (tertiary/aromatic N) is 3. The smallest absolute Gasteiger partial charge is 0.329 e. The van der Waals surface area contributed by atoms with Gasteiger partial charge in [-0.15, -0.1) is 0 Å². The van der Waals surface area contributed by atoms with E-state index in [2.05, 4.69) is 77.7 Å². The van der Waals surface area contributed by atoms with Gasteiger partial charge in [-0.1, -0.05) is 135 Å². The topological polar surface area (TPSA) is 69.9 Å². The fourth-order valence-electron chi connectivity index (χ4n) is 8.09. The van der Waals surface area contributed by atoms with Gasteiger partial charge in [-0.3, -0.25) is 14.5 Å². The highest BCUT2D eigenvalue weighted by atomic mass is 16.5. The van der Waals surface area contributed by atoms with Crippen molar-refractivity contribution in [3.63, 3.8) is 0 Å². The van der Waals surface area contributed by atoms with Gasteiger partial charge in [0.05, 0.1) is 11.0 Å². The van der Waals surface area contributed by atoms with Crippen LogP contribution in [0.5, 0.6) is 0 Å². The van der Waals surface area contributed by atoms with Crippen molar-refractivity contribution in [1.29, 1.82) is 0 Å². The van der Waals surface area contributed by atoms with Crippen LogP contribution in [0, 0.1) is 11.3 Å². The van der Waals surface area contributed by atoms with Gasteiger partial charge in [0, 0.05) is 26.2 Å². The summed E-state index contributed by atoms with van der Waals surface area (Å²) in [5, 5.41) is 0. The maximum absolute atomic E-state index is 14.3. The maximum atomic E-state index is 14.3. The second kappa shape index (κ2) is 13.0. The van der Waals surface area contributed by atoms with Gasteiger partial charge in [0.15, 0.2) is 0 Å². The third-order valence-electron chi connectivity index (χ3n) is 10.5. The van der Waals surface area contributed by atoms with Crippen LogP contribution >= 0.6 is 0 Å². The number of benzene rings is 4. The highest BCUT2D eigenvalue weighted by Gasteiger charge is 2.60. The number of amides is 2. The van der Waals surface area contributed by atoms with E-state index in [-0.39, 0.29) is 36.4 Å². The van der Waals surface area contributed by atoms with Gasteiger partial charge in [0.25, 0.3) is 0 Å². The molecular weight excluding hydrogens is 598 g/mol. The molecule has 3 aliphatic heterocycles. The Hall–Kier alpha value is -4.75. The Morgan fingerprint density at radius 3 is 1.79 bits per heavy atom. The van der Waals surface area contributed by atoms with Crippen molar-refractivity contribution >= 4 is 17.8 Å². The Labute approximate surface area is 283 Å². The molecule has 0 bridgehead atoms. The van der Waals surface area contributed by atoms with Gasteiger partial charge in [-0.05, 0) is 41.0 Å². The summed E-state index contributed by atoms with van der Waals surface area (Å²) in [6.07, 6.45) is 1.23. The minimum Gasteiger partial charge on any atom is -0.459 e. The molecule has 246 valence electrons. The van der Waals surface area contributed by atoms with Crippen LogP contribution in [0.25, 0.3) is 0 Å². The quantitative estimate of drug-likeness (QED) is 0.123. The third-order valence-corrected chi connectivity index (χ3v) is 10.5. The lowest BCUT2D eigenvalue weighted by atomic mass is 9.76. The molecule has 0 radical (unpaired) electrons. The van der Waals surface area contributed by atoms with Crippen LogP contribution in [-0.4, -0.2) is 70.7 Å². The van der Waals surface area contributed by atoms with Crippen molar-refractivity contribution in [1.82, 2.24) is 14.7 Å². The van der Waals surface area contributed by atoms with Gasteiger partial charge in [0.1, 0.15) is 18.7 Å². The van der Waals surface area contributed by atoms with Crippen LogP contribution in [0.2, 0.25) is 0 Å². The Balaban J connectivity index is 1.10. The van der Waals surface area contributed by atoms with Crippen molar-refractivity contribution in [2.45, 2.75) is 50.9 Å². The molecule has 0 saturated carbocycles. The Morgan fingerprint density at radius 1 is 0.771 bits per heavy atom. The average molecular weight is 642 g/mol. The third kappa shape index (κ3) is 5.60. The zero-order chi connectivity index (χ0) is 33.3. The molecule has 3 saturated heterocycles. The average Bonchev–Trinajstić information content (AvgIpc) is 3.70. The summed E-state index contributed by atoms with van der Waals surface area (Å²) in [4.78, 5) is 47.8. The van der Waals surface area contributed by atoms with Crippen molar-refractivity contribution in [2.24, 2.45) is 11.3 Å². The summed E-state index contributed by atoms with van der Waals surface area (Å²) in [5.74, 6) is -0.451. The molecule has 1 spiro atoms. The number of esters is 1. The zero-order valence-corrected chi connectivity index (χ0v) is 27.7. The first-order valence-corrected chi connectivity index (χ1v) is 17.1. The minimum atomic E-state index is -0.669. The fraction of sp³-hybridized carbons (Fsp3) is 0.341. The molecule has 3 heterocycles. The molecule has 3 aliphatic rings. The lowest BCUT2D eigenvalue weighted by Crippen LogP contribution is -2.49. The Kier molecular flexibility index (Phi) is 8.65. The van der Waals surface area contributed by atoms with Crippen molar-refractivity contribution in [3.05, 3.63) is 144 Å². The normalized spacial score (nSPS) is 22.7. The highest BCUT2D eigenvalue weighted by molar-refractivity contribution is 5.92. The van der Waals surface area contributed by atoms with E-state index in [0.717, 1.165) is 22.3 Å². The van der Waals surface area contributed by atoms with Gasteiger partial charge in [0.2, 0.25) is 11.8 Å². The Bertz CT molecular complexity index is 1650. The van der Waals surface area contributed by atoms with Crippen molar-refractivity contribution in [2.75, 3.05) is 26.2 Å². The largest absolute Gasteiger partial charge is 0.459 e. The number of rotatable bonds is 10. The zero-order valence-electron chi connectivity index (χ0n) is 27.7. The fourth-order valence-corrected chi connectivity index (χ4v) is 8.09. The highest BCUT2D eigenvalue weighted by Crippen LogP contribution is 2.49. The Morgan fingerprint density at radius 2 is 1.27 bits per heavy atom. The molecule has 4 atom stereocenters. The summed E-state index contributed by atoms with van der Waals surface area (Å²) in [7, 11) is 0. The molecule has 0 aliphatic carbocycles. The van der Waals surface area contributed by atoms with Crippen LogP contribution in [0.1, 0.15) is 48.9 Å². The van der Waals surface area contributed by atoms with Crippen LogP contribution in [0.15, 0.2) is 121 Å². The first kappa shape index (κ1) is 31.8. The van der Waals surface area contributed by atoms with Gasteiger partial charge >= 0.3 is 5.97 Å². The lowest BCUT2D eigenvalue weighted by Gasteiger charge is -2.38. The first-order chi connectivity index (χ1) is 23.3. The molecule has 4 aromatic carbocycles. The second-order valence-corrected chi connectivity index (χ2v) is 13.8. The second-order valence-electron chi connectivity index (χ2n) is 13.8. The molecule has 4 aromatic rings. The number of carbonyl (C=O) groups is 3. The molecule has 7 nitrogen and oxygen atoms in total. The molecule has 3 fully saturated rings. The molecule has 7 rings (SSSR count). The van der Waals surface area contributed by atoms with Gasteiger partial charge < -0.3 is 14.5 Å². The number of hydrogen-bond acceptors (Lipinski definition) is 5. The number of likely N-dealkylation sites (tertiary alicyclic amines) is 2. The van der Waals surface area contributed by atoms with E-state index < -0.39 is 17.0 Å². The maximum Gasteiger partial charge on any atom is 0.329 e. The van der Waals surface area contributed by atoms with Crippen LogP contribution in [-0.2, 0) is 31.3 Å². The van der Waals surface area contributed by atoms with Gasteiger partial charge in [-0.2, -0.15) is 0 Å². The van der Waals surface area contributed by atoms with E-state index in [4.69, 9.17) is 4.74 Å². The molecular formula is C41H43N3O4. The molecule has 48 heavy (non-hydrogen) atoms. The summed E-state index contributed by atoms with van der Waals surface area (Å²) in [5.41, 5.74) is 2.92. The summed E-state index contributed by atoms with van der Waals surface area (Å²) < 4.78 is 5.71. The van der Waals surface area contributed by atoms with Gasteiger partial charge in [-0.25, -0.2) is 4.79 Å².